The zero-order valence-electron chi connectivity index (χ0n) is 8.88. The second-order valence-electron chi connectivity index (χ2n) is 3.34. The largest absolute Gasteiger partial charge is 0.242 e. The first-order valence-electron chi connectivity index (χ1n) is 4.98. The van der Waals surface area contributed by atoms with Crippen molar-refractivity contribution in [1.82, 2.24) is 4.72 Å². The number of unbranched alkanes of at least 4 members (excludes halogenated alkanes) is 2. The molecular formula is C9H12Cl2INO2S2. The second kappa shape index (κ2) is 7.49. The number of thiophene rings is 1. The van der Waals surface area contributed by atoms with E-state index in [1.165, 1.54) is 6.07 Å². The van der Waals surface area contributed by atoms with Gasteiger partial charge in [-0.2, -0.15) is 0 Å². The molecule has 1 aromatic rings. The Morgan fingerprint density at radius 1 is 1.29 bits per heavy atom. The van der Waals surface area contributed by atoms with Crippen molar-refractivity contribution < 1.29 is 8.42 Å². The third-order valence-corrected chi connectivity index (χ3v) is 5.99. The standard InChI is InChI=1S/C9H12Cl2INO2S2/c10-8-6-7(9(11)16-8)17(14,15)13-5-3-1-2-4-12/h6,13H,1-5H2. The van der Waals surface area contributed by atoms with Gasteiger partial charge in [0.15, 0.2) is 0 Å². The van der Waals surface area contributed by atoms with Gasteiger partial charge in [0.2, 0.25) is 10.0 Å². The first kappa shape index (κ1) is 16.0. The molecule has 1 rings (SSSR count). The Morgan fingerprint density at radius 3 is 2.53 bits per heavy atom. The molecule has 0 aliphatic rings. The van der Waals surface area contributed by atoms with Crippen molar-refractivity contribution in [2.45, 2.75) is 24.2 Å². The number of halogens is 3. The smallest absolute Gasteiger partial charge is 0.211 e. The van der Waals surface area contributed by atoms with Crippen LogP contribution in [0.2, 0.25) is 8.67 Å². The van der Waals surface area contributed by atoms with Crippen LogP contribution in [0, 0.1) is 0 Å². The summed E-state index contributed by atoms with van der Waals surface area (Å²) in [7, 11) is -3.52. The van der Waals surface area contributed by atoms with Gasteiger partial charge in [-0.05, 0) is 23.3 Å². The molecule has 0 aliphatic heterocycles. The van der Waals surface area contributed by atoms with Gasteiger partial charge in [-0.3, -0.25) is 0 Å². The summed E-state index contributed by atoms with van der Waals surface area (Å²) < 4.78 is 27.9. The highest BCUT2D eigenvalue weighted by Gasteiger charge is 2.20. The summed E-state index contributed by atoms with van der Waals surface area (Å²) in [5, 5.41) is 0. The molecule has 0 aliphatic carbocycles. The predicted octanol–water partition coefficient (Wildman–Crippen LogP) is 3.94. The van der Waals surface area contributed by atoms with Crippen LogP contribution in [-0.4, -0.2) is 19.4 Å². The molecule has 1 heterocycles. The fourth-order valence-electron chi connectivity index (χ4n) is 1.19. The number of hydrogen-bond acceptors (Lipinski definition) is 3. The van der Waals surface area contributed by atoms with E-state index in [-0.39, 0.29) is 9.23 Å². The van der Waals surface area contributed by atoms with Crippen LogP contribution in [0.5, 0.6) is 0 Å². The maximum Gasteiger partial charge on any atom is 0.242 e. The van der Waals surface area contributed by atoms with Crippen LogP contribution in [0.4, 0.5) is 0 Å². The molecule has 0 unspecified atom stereocenters. The van der Waals surface area contributed by atoms with Gasteiger partial charge in [0.1, 0.15) is 9.23 Å². The highest BCUT2D eigenvalue weighted by atomic mass is 127. The summed E-state index contributed by atoms with van der Waals surface area (Å²) in [6.45, 7) is 0.433. The minimum Gasteiger partial charge on any atom is -0.211 e. The number of hydrogen-bond donors (Lipinski definition) is 1. The minimum absolute atomic E-state index is 0.0723. The van der Waals surface area contributed by atoms with Gasteiger partial charge in [-0.15, -0.1) is 11.3 Å². The average molecular weight is 428 g/mol. The molecule has 0 saturated heterocycles. The molecule has 3 nitrogen and oxygen atoms in total. The number of alkyl halides is 1. The van der Waals surface area contributed by atoms with Crippen LogP contribution in [0.1, 0.15) is 19.3 Å². The van der Waals surface area contributed by atoms with Crippen LogP contribution in [-0.2, 0) is 10.0 Å². The highest BCUT2D eigenvalue weighted by molar-refractivity contribution is 14.1. The van der Waals surface area contributed by atoms with E-state index >= 15 is 0 Å². The van der Waals surface area contributed by atoms with E-state index in [4.69, 9.17) is 23.2 Å². The van der Waals surface area contributed by atoms with Gasteiger partial charge in [0.25, 0.3) is 0 Å². The summed E-state index contributed by atoms with van der Waals surface area (Å²) in [6.07, 6.45) is 2.95. The van der Waals surface area contributed by atoms with Gasteiger partial charge < -0.3 is 0 Å². The zero-order chi connectivity index (χ0) is 12.9. The van der Waals surface area contributed by atoms with Gasteiger partial charge in [-0.25, -0.2) is 13.1 Å². The molecule has 0 saturated carbocycles. The maximum atomic E-state index is 11.9. The van der Waals surface area contributed by atoms with Gasteiger partial charge in [-0.1, -0.05) is 52.2 Å². The predicted molar refractivity (Wildman–Crippen MR) is 82.3 cm³/mol. The van der Waals surface area contributed by atoms with Crippen LogP contribution in [0.15, 0.2) is 11.0 Å². The van der Waals surface area contributed by atoms with Gasteiger partial charge in [0.05, 0.1) is 4.34 Å². The van der Waals surface area contributed by atoms with E-state index in [0.29, 0.717) is 10.9 Å². The molecule has 1 aromatic heterocycles. The van der Waals surface area contributed by atoms with E-state index in [0.717, 1.165) is 35.0 Å². The van der Waals surface area contributed by atoms with E-state index < -0.39 is 10.0 Å². The lowest BCUT2D eigenvalue weighted by molar-refractivity contribution is 0.577. The maximum absolute atomic E-state index is 11.9. The Morgan fingerprint density at radius 2 is 2.00 bits per heavy atom. The first-order chi connectivity index (χ1) is 7.97. The van der Waals surface area contributed by atoms with Crippen molar-refractivity contribution in [1.29, 1.82) is 0 Å². The lowest BCUT2D eigenvalue weighted by Gasteiger charge is -2.04. The lowest BCUT2D eigenvalue weighted by atomic mass is 10.3. The second-order valence-corrected chi connectivity index (χ2v) is 8.44. The van der Waals surface area contributed by atoms with Crippen molar-refractivity contribution in [2.24, 2.45) is 0 Å². The zero-order valence-corrected chi connectivity index (χ0v) is 14.2. The number of nitrogens with one attached hydrogen (secondary N) is 1. The Balaban J connectivity index is 2.54. The summed E-state index contributed by atoms with van der Waals surface area (Å²) in [4.78, 5) is 0.0723. The third kappa shape index (κ3) is 5.20. The van der Waals surface area contributed by atoms with E-state index in [2.05, 4.69) is 27.3 Å². The number of sulfonamides is 1. The van der Waals surface area contributed by atoms with Crippen molar-refractivity contribution in [3.8, 4) is 0 Å². The van der Waals surface area contributed by atoms with Crippen molar-refractivity contribution in [3.05, 3.63) is 14.7 Å². The molecule has 0 amide bonds. The highest BCUT2D eigenvalue weighted by Crippen LogP contribution is 2.33. The fraction of sp³-hybridized carbons (Fsp3) is 0.556. The van der Waals surface area contributed by atoms with Crippen LogP contribution in [0.3, 0.4) is 0 Å². The summed E-state index contributed by atoms with van der Waals surface area (Å²) in [5.74, 6) is 0. The molecule has 8 heteroatoms. The Kier molecular flexibility index (Phi) is 7.04. The van der Waals surface area contributed by atoms with Gasteiger partial charge >= 0.3 is 0 Å². The molecule has 0 bridgehead atoms. The van der Waals surface area contributed by atoms with Gasteiger partial charge in [0, 0.05) is 6.54 Å². The molecule has 0 fully saturated rings. The summed E-state index contributed by atoms with van der Waals surface area (Å²) >= 11 is 14.9. The van der Waals surface area contributed by atoms with Crippen molar-refractivity contribution in [3.63, 3.8) is 0 Å². The van der Waals surface area contributed by atoms with E-state index in [1.54, 1.807) is 0 Å². The number of rotatable bonds is 7. The Bertz CT molecular complexity index is 462. The average Bonchev–Trinajstić information content (AvgIpc) is 2.58. The van der Waals surface area contributed by atoms with Crippen molar-refractivity contribution >= 4 is 67.2 Å². The molecule has 0 aromatic carbocycles. The molecular weight excluding hydrogens is 416 g/mol. The molecule has 17 heavy (non-hydrogen) atoms. The SMILES string of the molecule is O=S(=O)(NCCCCCI)c1cc(Cl)sc1Cl. The van der Waals surface area contributed by atoms with E-state index in [1.807, 2.05) is 0 Å². The lowest BCUT2D eigenvalue weighted by Crippen LogP contribution is -2.24. The molecule has 0 radical (unpaired) electrons. The third-order valence-electron chi connectivity index (χ3n) is 2.02. The normalized spacial score (nSPS) is 11.9. The van der Waals surface area contributed by atoms with Crippen LogP contribution >= 0.6 is 57.1 Å². The van der Waals surface area contributed by atoms with Crippen LogP contribution < -0.4 is 4.72 Å². The van der Waals surface area contributed by atoms with Crippen molar-refractivity contribution in [2.75, 3.05) is 11.0 Å². The van der Waals surface area contributed by atoms with Crippen LogP contribution in [0.25, 0.3) is 0 Å². The molecule has 0 spiro atoms. The monoisotopic (exact) mass is 427 g/mol. The molecule has 1 N–H and O–H groups in total. The minimum atomic E-state index is -3.52. The molecule has 0 atom stereocenters. The fourth-order valence-corrected chi connectivity index (χ4v) is 4.95. The Labute approximate surface area is 129 Å². The molecule has 98 valence electrons. The topological polar surface area (TPSA) is 46.2 Å². The first-order valence-corrected chi connectivity index (χ1v) is 9.56. The van der Waals surface area contributed by atoms with E-state index in [9.17, 15) is 8.42 Å². The Hall–Kier alpha value is 0.920. The summed E-state index contributed by atoms with van der Waals surface area (Å²) in [6, 6.07) is 1.38. The summed E-state index contributed by atoms with van der Waals surface area (Å²) in [5.41, 5.74) is 0. The quantitative estimate of drug-likeness (QED) is 0.407.